The predicted octanol–water partition coefficient (Wildman–Crippen LogP) is 4.12. The number of halogens is 1. The smallest absolute Gasteiger partial charge is 0.246 e. The fourth-order valence-corrected chi connectivity index (χ4v) is 4.69. The topological polar surface area (TPSA) is 114 Å². The molecule has 0 spiro atoms. The van der Waals surface area contributed by atoms with E-state index in [1.807, 2.05) is 31.2 Å². The number of rotatable bonds is 6. The summed E-state index contributed by atoms with van der Waals surface area (Å²) in [5.41, 5.74) is 4.01. The van der Waals surface area contributed by atoms with Gasteiger partial charge in [-0.1, -0.05) is 11.8 Å². The van der Waals surface area contributed by atoms with Crippen LogP contribution in [0.3, 0.4) is 0 Å². The number of nitrogens with zero attached hydrogens (tertiary/aromatic N) is 8. The number of hydrogen-bond donors (Lipinski definition) is 1. The minimum Gasteiger partial charge on any atom is -0.454 e. The van der Waals surface area contributed by atoms with E-state index >= 15 is 0 Å². The molecular weight excluding hydrogens is 513 g/mol. The lowest BCUT2D eigenvalue weighted by atomic mass is 10.2. The first-order valence-corrected chi connectivity index (χ1v) is 12.7. The molecule has 1 fully saturated rings. The molecule has 12 heteroatoms. The van der Waals surface area contributed by atoms with Gasteiger partial charge < -0.3 is 19.9 Å². The summed E-state index contributed by atoms with van der Waals surface area (Å²) in [7, 11) is 1.71. The van der Waals surface area contributed by atoms with Crippen molar-refractivity contribution >= 4 is 45.3 Å². The minimum absolute atomic E-state index is 0.0607. The number of hydrogen-bond acceptors (Lipinski definition) is 9. The molecule has 0 atom stereocenters. The van der Waals surface area contributed by atoms with E-state index in [0.717, 1.165) is 17.1 Å². The average molecular weight is 540 g/mol. The summed E-state index contributed by atoms with van der Waals surface area (Å²) in [6.07, 6.45) is 2.83. The minimum atomic E-state index is -0.498. The number of anilines is 3. The number of aryl methyl sites for hydroxylation is 2. The summed E-state index contributed by atoms with van der Waals surface area (Å²) < 4.78 is 22.1. The van der Waals surface area contributed by atoms with Gasteiger partial charge in [-0.3, -0.25) is 4.79 Å². The van der Waals surface area contributed by atoms with Crippen molar-refractivity contribution in [3.05, 3.63) is 72.8 Å². The van der Waals surface area contributed by atoms with Crippen LogP contribution in [0.15, 0.2) is 61.4 Å². The molecule has 1 amide bonds. The molecule has 3 aromatic heterocycles. The second-order valence-corrected chi connectivity index (χ2v) is 9.47. The Kier molecular flexibility index (Phi) is 6.42. The van der Waals surface area contributed by atoms with E-state index in [4.69, 9.17) is 9.72 Å². The lowest BCUT2D eigenvalue weighted by Crippen LogP contribution is -2.48. The molecule has 4 heterocycles. The molecule has 1 aliphatic heterocycles. The lowest BCUT2D eigenvalue weighted by Gasteiger charge is -2.35. The zero-order valence-corrected chi connectivity index (χ0v) is 22.0. The van der Waals surface area contributed by atoms with E-state index in [9.17, 15) is 9.18 Å². The number of ether oxygens (including phenoxy) is 1. The van der Waals surface area contributed by atoms with Crippen LogP contribution in [0.4, 0.5) is 21.7 Å². The maximum Gasteiger partial charge on any atom is 0.246 e. The standard InChI is InChI=1S/C28H26FN9O2/c1-4-26(39)38-11-9-37(10-12-38)25-8-6-20-27(33-25)28(31-16-30-20)32-18-5-7-23(17(2)13-18)40-24-15-21-22(14-19(24)29)36(3)35-34-21/h4-8,13-16H,1,9-12H2,2-3H3,(H,30,31,32). The highest BCUT2D eigenvalue weighted by Crippen LogP contribution is 2.32. The second-order valence-electron chi connectivity index (χ2n) is 9.47. The quantitative estimate of drug-likeness (QED) is 0.318. The molecule has 6 rings (SSSR count). The number of pyridine rings is 1. The van der Waals surface area contributed by atoms with E-state index < -0.39 is 5.82 Å². The maximum atomic E-state index is 14.7. The van der Waals surface area contributed by atoms with Crippen LogP contribution in [-0.2, 0) is 11.8 Å². The van der Waals surface area contributed by atoms with Crippen molar-refractivity contribution in [3.8, 4) is 11.5 Å². The first kappa shape index (κ1) is 25.2. The molecule has 40 heavy (non-hydrogen) atoms. The third-order valence-electron chi connectivity index (χ3n) is 6.88. The van der Waals surface area contributed by atoms with Crippen molar-refractivity contribution in [2.75, 3.05) is 36.4 Å². The number of carbonyl (C=O) groups is 1. The van der Waals surface area contributed by atoms with Crippen molar-refractivity contribution in [3.63, 3.8) is 0 Å². The Morgan fingerprint density at radius 2 is 1.88 bits per heavy atom. The van der Waals surface area contributed by atoms with Crippen molar-refractivity contribution < 1.29 is 13.9 Å². The van der Waals surface area contributed by atoms with E-state index in [1.54, 1.807) is 18.0 Å². The third-order valence-corrected chi connectivity index (χ3v) is 6.88. The summed E-state index contributed by atoms with van der Waals surface area (Å²) in [6.45, 7) is 7.99. The Hall–Kier alpha value is -5.13. The number of nitrogens with one attached hydrogen (secondary N) is 1. The van der Waals surface area contributed by atoms with E-state index in [2.05, 4.69) is 37.1 Å². The van der Waals surface area contributed by atoms with Crippen LogP contribution < -0.4 is 15.0 Å². The van der Waals surface area contributed by atoms with Crippen molar-refractivity contribution in [1.82, 2.24) is 34.8 Å². The highest BCUT2D eigenvalue weighted by molar-refractivity contribution is 5.89. The van der Waals surface area contributed by atoms with Gasteiger partial charge >= 0.3 is 0 Å². The van der Waals surface area contributed by atoms with Crippen LogP contribution in [0, 0.1) is 12.7 Å². The van der Waals surface area contributed by atoms with Gasteiger partial charge in [0.1, 0.15) is 28.9 Å². The van der Waals surface area contributed by atoms with Crippen LogP contribution in [-0.4, -0.2) is 66.9 Å². The summed E-state index contributed by atoms with van der Waals surface area (Å²) in [5.74, 6) is 1.37. The van der Waals surface area contributed by atoms with Crippen LogP contribution >= 0.6 is 0 Å². The Bertz CT molecular complexity index is 1760. The van der Waals surface area contributed by atoms with Crippen LogP contribution in [0.25, 0.3) is 22.1 Å². The Morgan fingerprint density at radius 3 is 2.65 bits per heavy atom. The SMILES string of the molecule is C=CC(=O)N1CCN(c2ccc3ncnc(Nc4ccc(Oc5cc6nnn(C)c6cc5F)c(C)c4)c3n2)CC1. The first-order chi connectivity index (χ1) is 19.4. The zero-order chi connectivity index (χ0) is 27.8. The van der Waals surface area contributed by atoms with Crippen LogP contribution in [0.5, 0.6) is 11.5 Å². The summed E-state index contributed by atoms with van der Waals surface area (Å²) in [6, 6.07) is 12.2. The number of benzene rings is 2. The van der Waals surface area contributed by atoms with E-state index in [1.165, 1.54) is 29.2 Å². The Morgan fingerprint density at radius 1 is 1.05 bits per heavy atom. The average Bonchev–Trinajstić information content (AvgIpc) is 3.33. The number of piperazine rings is 1. The van der Waals surface area contributed by atoms with Gasteiger partial charge in [0.15, 0.2) is 17.4 Å². The van der Waals surface area contributed by atoms with Gasteiger partial charge in [-0.05, 0) is 48.9 Å². The molecule has 202 valence electrons. The number of aromatic nitrogens is 6. The van der Waals surface area contributed by atoms with Crippen molar-refractivity contribution in [1.29, 1.82) is 0 Å². The van der Waals surface area contributed by atoms with Gasteiger partial charge in [0.2, 0.25) is 5.91 Å². The van der Waals surface area contributed by atoms with Gasteiger partial charge in [-0.25, -0.2) is 24.0 Å². The molecule has 1 aliphatic rings. The molecule has 0 unspecified atom stereocenters. The fraction of sp³-hybridized carbons (Fsp3) is 0.214. The molecular formula is C28H26FN9O2. The zero-order valence-electron chi connectivity index (χ0n) is 22.0. The monoisotopic (exact) mass is 539 g/mol. The summed E-state index contributed by atoms with van der Waals surface area (Å²) in [5, 5.41) is 11.3. The molecule has 0 saturated carbocycles. The van der Waals surface area contributed by atoms with Gasteiger partial charge in [-0.2, -0.15) is 0 Å². The van der Waals surface area contributed by atoms with Crippen molar-refractivity contribution in [2.24, 2.45) is 7.05 Å². The third kappa shape index (κ3) is 4.75. The van der Waals surface area contributed by atoms with Crippen molar-refractivity contribution in [2.45, 2.75) is 6.92 Å². The van der Waals surface area contributed by atoms with Gasteiger partial charge in [0.25, 0.3) is 0 Å². The maximum absolute atomic E-state index is 14.7. The molecule has 2 aromatic carbocycles. The Labute approximate surface area is 228 Å². The number of amides is 1. The largest absolute Gasteiger partial charge is 0.454 e. The van der Waals surface area contributed by atoms with Crippen LogP contribution in [0.1, 0.15) is 5.56 Å². The van der Waals surface area contributed by atoms with Gasteiger partial charge in [0.05, 0.1) is 11.0 Å². The lowest BCUT2D eigenvalue weighted by molar-refractivity contribution is -0.126. The summed E-state index contributed by atoms with van der Waals surface area (Å²) >= 11 is 0. The molecule has 0 bridgehead atoms. The summed E-state index contributed by atoms with van der Waals surface area (Å²) in [4.78, 5) is 29.5. The molecule has 11 nitrogen and oxygen atoms in total. The highest BCUT2D eigenvalue weighted by atomic mass is 19.1. The molecule has 0 aliphatic carbocycles. The first-order valence-electron chi connectivity index (χ1n) is 12.7. The van der Waals surface area contributed by atoms with Crippen LogP contribution in [0.2, 0.25) is 0 Å². The van der Waals surface area contributed by atoms with Gasteiger partial charge in [-0.15, -0.1) is 5.10 Å². The number of carbonyl (C=O) groups excluding carboxylic acids is 1. The predicted molar refractivity (Wildman–Crippen MR) is 149 cm³/mol. The molecule has 0 radical (unpaired) electrons. The van der Waals surface area contributed by atoms with E-state index in [0.29, 0.717) is 59.8 Å². The fourth-order valence-electron chi connectivity index (χ4n) is 4.69. The molecule has 1 saturated heterocycles. The van der Waals surface area contributed by atoms with Gasteiger partial charge in [0, 0.05) is 51.0 Å². The number of fused-ring (bicyclic) bond motifs is 2. The molecule has 5 aromatic rings. The molecule has 1 N–H and O–H groups in total. The highest BCUT2D eigenvalue weighted by Gasteiger charge is 2.21. The normalized spacial score (nSPS) is 13.6. The Balaban J connectivity index is 1.22. The van der Waals surface area contributed by atoms with E-state index in [-0.39, 0.29) is 11.7 Å². The second kappa shape index (κ2) is 10.2.